The molecule has 0 aromatic carbocycles. The molecule has 0 aliphatic heterocycles. The molecule has 0 atom stereocenters. The second-order valence-corrected chi connectivity index (χ2v) is 4.40. The van der Waals surface area contributed by atoms with Crippen LogP contribution >= 0.6 is 11.6 Å². The first kappa shape index (κ1) is 16.2. The number of H-pyrrole nitrogens is 1. The molecule has 3 nitrogen and oxygen atoms in total. The molecule has 0 aliphatic rings. The standard InChI is InChI=1S/C14H14ClF2NO2/c1-4-10(16)6-11(17)8(2)7-20-12-5-9(3)18-14(19)13(12)15/h4-6H,2,7H2,1,3H3,(H,18,19)/b10-4+,11-6+. The average molecular weight is 302 g/mol. The number of aromatic amines is 1. The van der Waals surface area contributed by atoms with Gasteiger partial charge in [0.25, 0.3) is 5.56 Å². The first-order valence-corrected chi connectivity index (χ1v) is 6.12. The second kappa shape index (κ2) is 7.05. The number of aryl methyl sites for hydroxylation is 1. The van der Waals surface area contributed by atoms with Crippen molar-refractivity contribution in [3.05, 3.63) is 63.1 Å². The molecule has 0 aliphatic carbocycles. The predicted octanol–water partition coefficient (Wildman–Crippen LogP) is 4.00. The van der Waals surface area contributed by atoms with E-state index >= 15 is 0 Å². The van der Waals surface area contributed by atoms with Crippen molar-refractivity contribution in [2.24, 2.45) is 0 Å². The van der Waals surface area contributed by atoms with Crippen molar-refractivity contribution in [2.45, 2.75) is 13.8 Å². The number of rotatable bonds is 5. The summed E-state index contributed by atoms with van der Waals surface area (Å²) in [7, 11) is 0. The molecule has 0 bridgehead atoms. The highest BCUT2D eigenvalue weighted by Gasteiger charge is 2.09. The van der Waals surface area contributed by atoms with Gasteiger partial charge in [-0.1, -0.05) is 24.3 Å². The fourth-order valence-corrected chi connectivity index (χ4v) is 1.44. The Balaban J connectivity index is 2.81. The maximum absolute atomic E-state index is 13.5. The number of ether oxygens (including phenoxy) is 1. The van der Waals surface area contributed by atoms with E-state index in [0.29, 0.717) is 11.8 Å². The van der Waals surface area contributed by atoms with Crippen molar-refractivity contribution >= 4 is 11.6 Å². The monoisotopic (exact) mass is 301 g/mol. The van der Waals surface area contributed by atoms with Crippen molar-refractivity contribution in [1.82, 2.24) is 4.98 Å². The lowest BCUT2D eigenvalue weighted by molar-refractivity contribution is 0.348. The number of pyridine rings is 1. The van der Waals surface area contributed by atoms with Crippen LogP contribution in [0.15, 0.2) is 46.8 Å². The summed E-state index contributed by atoms with van der Waals surface area (Å²) in [5, 5.41) is -0.132. The topological polar surface area (TPSA) is 42.1 Å². The van der Waals surface area contributed by atoms with E-state index in [-0.39, 0.29) is 23.0 Å². The Labute approximate surface area is 120 Å². The molecule has 1 heterocycles. The van der Waals surface area contributed by atoms with Crippen molar-refractivity contribution < 1.29 is 13.5 Å². The van der Waals surface area contributed by atoms with Gasteiger partial charge in [-0.05, 0) is 13.8 Å². The van der Waals surface area contributed by atoms with E-state index in [1.165, 1.54) is 13.0 Å². The van der Waals surface area contributed by atoms with Crippen LogP contribution in [0.4, 0.5) is 8.78 Å². The van der Waals surface area contributed by atoms with E-state index in [0.717, 1.165) is 6.08 Å². The Bertz CT molecular complexity index is 633. The summed E-state index contributed by atoms with van der Waals surface area (Å²) in [6.45, 7) is 6.29. The van der Waals surface area contributed by atoms with Gasteiger partial charge in [0.05, 0.1) is 0 Å². The van der Waals surface area contributed by atoms with Gasteiger partial charge < -0.3 is 9.72 Å². The highest BCUT2D eigenvalue weighted by molar-refractivity contribution is 6.31. The lowest BCUT2D eigenvalue weighted by atomic mass is 10.2. The molecule has 0 radical (unpaired) electrons. The van der Waals surface area contributed by atoms with Gasteiger partial charge in [-0.15, -0.1) is 0 Å². The molecule has 108 valence electrons. The first-order valence-electron chi connectivity index (χ1n) is 5.74. The molecule has 0 fully saturated rings. The molecule has 1 rings (SSSR count). The molecular formula is C14H14ClF2NO2. The van der Waals surface area contributed by atoms with Crippen molar-refractivity contribution in [2.75, 3.05) is 6.61 Å². The van der Waals surface area contributed by atoms with Crippen LogP contribution < -0.4 is 10.3 Å². The normalized spacial score (nSPS) is 12.4. The number of hydrogen-bond donors (Lipinski definition) is 1. The first-order chi connectivity index (χ1) is 9.35. The summed E-state index contributed by atoms with van der Waals surface area (Å²) in [5.41, 5.74) is -0.00441. The molecule has 0 unspecified atom stereocenters. The third kappa shape index (κ3) is 4.35. The molecule has 0 spiro atoms. The summed E-state index contributed by atoms with van der Waals surface area (Å²) >= 11 is 5.76. The molecular weight excluding hydrogens is 288 g/mol. The Morgan fingerprint density at radius 3 is 2.80 bits per heavy atom. The third-order valence-corrected chi connectivity index (χ3v) is 2.71. The molecule has 1 N–H and O–H groups in total. The maximum Gasteiger partial charge on any atom is 0.270 e. The van der Waals surface area contributed by atoms with Gasteiger partial charge >= 0.3 is 0 Å². The fourth-order valence-electron chi connectivity index (χ4n) is 1.29. The van der Waals surface area contributed by atoms with Crippen LogP contribution in [0.5, 0.6) is 5.75 Å². The number of aromatic nitrogens is 1. The van der Waals surface area contributed by atoms with Gasteiger partial charge in [0.1, 0.15) is 29.0 Å². The van der Waals surface area contributed by atoms with Gasteiger partial charge in [-0.3, -0.25) is 4.79 Å². The van der Waals surface area contributed by atoms with Gasteiger partial charge in [-0.25, -0.2) is 8.78 Å². The van der Waals surface area contributed by atoms with Crippen LogP contribution in [0, 0.1) is 6.92 Å². The SMILES string of the molecule is C=C(COc1cc(C)[nH]c(=O)c1Cl)/C(F)=C\C(F)=C/C. The van der Waals surface area contributed by atoms with Crippen LogP contribution in [-0.2, 0) is 0 Å². The van der Waals surface area contributed by atoms with E-state index in [4.69, 9.17) is 16.3 Å². The van der Waals surface area contributed by atoms with Crippen LogP contribution in [0.3, 0.4) is 0 Å². The molecule has 0 saturated heterocycles. The minimum absolute atomic E-state index is 0.0593. The molecule has 6 heteroatoms. The Kier molecular flexibility index (Phi) is 5.70. The minimum atomic E-state index is -0.835. The summed E-state index contributed by atoms with van der Waals surface area (Å²) in [4.78, 5) is 13.9. The summed E-state index contributed by atoms with van der Waals surface area (Å²) in [6.07, 6.45) is 1.82. The predicted molar refractivity (Wildman–Crippen MR) is 75.5 cm³/mol. The molecule has 0 saturated carbocycles. The third-order valence-electron chi connectivity index (χ3n) is 2.35. The quantitative estimate of drug-likeness (QED) is 0.835. The van der Waals surface area contributed by atoms with Crippen LogP contribution in [-0.4, -0.2) is 11.6 Å². The summed E-state index contributed by atoms with van der Waals surface area (Å²) < 4.78 is 31.6. The fraction of sp³-hybridized carbons (Fsp3) is 0.214. The second-order valence-electron chi connectivity index (χ2n) is 4.02. The Morgan fingerprint density at radius 2 is 2.20 bits per heavy atom. The van der Waals surface area contributed by atoms with E-state index in [1.807, 2.05) is 0 Å². The van der Waals surface area contributed by atoms with E-state index in [9.17, 15) is 13.6 Å². The van der Waals surface area contributed by atoms with Crippen LogP contribution in [0.25, 0.3) is 0 Å². The minimum Gasteiger partial charge on any atom is -0.487 e. The van der Waals surface area contributed by atoms with Gasteiger partial charge in [0.2, 0.25) is 0 Å². The zero-order valence-corrected chi connectivity index (χ0v) is 11.9. The van der Waals surface area contributed by atoms with E-state index < -0.39 is 17.2 Å². The Hall–Kier alpha value is -1.88. The zero-order valence-electron chi connectivity index (χ0n) is 11.1. The van der Waals surface area contributed by atoms with E-state index in [1.54, 1.807) is 6.92 Å². The molecule has 1 aromatic heterocycles. The number of halogens is 3. The molecule has 1 aromatic rings. The van der Waals surface area contributed by atoms with Crippen molar-refractivity contribution in [3.8, 4) is 5.75 Å². The molecule has 0 amide bonds. The average Bonchev–Trinajstić information content (AvgIpc) is 2.40. The van der Waals surface area contributed by atoms with Crippen LogP contribution in [0.2, 0.25) is 5.02 Å². The van der Waals surface area contributed by atoms with Gasteiger partial charge in [-0.2, -0.15) is 0 Å². The number of allylic oxidation sites excluding steroid dienone is 3. The van der Waals surface area contributed by atoms with Gasteiger partial charge in [0, 0.05) is 23.4 Å². The largest absolute Gasteiger partial charge is 0.487 e. The van der Waals surface area contributed by atoms with Crippen molar-refractivity contribution in [1.29, 1.82) is 0 Å². The summed E-state index contributed by atoms with van der Waals surface area (Å²) in [5.74, 6) is -1.43. The summed E-state index contributed by atoms with van der Waals surface area (Å²) in [6, 6.07) is 1.51. The lowest BCUT2D eigenvalue weighted by Crippen LogP contribution is -2.11. The maximum atomic E-state index is 13.5. The van der Waals surface area contributed by atoms with Crippen molar-refractivity contribution in [3.63, 3.8) is 0 Å². The number of nitrogens with one attached hydrogen (secondary N) is 1. The highest BCUT2D eigenvalue weighted by Crippen LogP contribution is 2.22. The van der Waals surface area contributed by atoms with E-state index in [2.05, 4.69) is 11.6 Å². The Morgan fingerprint density at radius 1 is 1.55 bits per heavy atom. The van der Waals surface area contributed by atoms with Gasteiger partial charge in [0.15, 0.2) is 0 Å². The smallest absolute Gasteiger partial charge is 0.270 e. The number of hydrogen-bond acceptors (Lipinski definition) is 2. The highest BCUT2D eigenvalue weighted by atomic mass is 35.5. The molecule has 20 heavy (non-hydrogen) atoms. The lowest BCUT2D eigenvalue weighted by Gasteiger charge is -2.09. The van der Waals surface area contributed by atoms with Crippen LogP contribution in [0.1, 0.15) is 12.6 Å². The zero-order chi connectivity index (χ0) is 15.3.